The third-order valence-electron chi connectivity index (χ3n) is 4.29. The fourth-order valence-corrected chi connectivity index (χ4v) is 3.19. The summed E-state index contributed by atoms with van der Waals surface area (Å²) >= 11 is 0. The van der Waals surface area contributed by atoms with E-state index in [1.807, 2.05) is 86.1 Å². The Morgan fingerprint density at radius 1 is 1.00 bits per heavy atom. The van der Waals surface area contributed by atoms with Crippen molar-refractivity contribution in [3.8, 4) is 22.9 Å². The van der Waals surface area contributed by atoms with Gasteiger partial charge in [0, 0.05) is 28.2 Å². The van der Waals surface area contributed by atoms with Gasteiger partial charge in [-0.15, -0.1) is 10.2 Å². The molecule has 142 valence electrons. The highest BCUT2D eigenvalue weighted by Crippen LogP contribution is 2.31. The first-order chi connectivity index (χ1) is 13.4. The molecule has 0 aliphatic rings. The highest BCUT2D eigenvalue weighted by Gasteiger charge is 2.19. The van der Waals surface area contributed by atoms with Gasteiger partial charge in [-0.1, -0.05) is 36.4 Å². The summed E-state index contributed by atoms with van der Waals surface area (Å²) in [5.74, 6) is 0.859. The number of carbonyl (C=O) groups is 1. The van der Waals surface area contributed by atoms with Gasteiger partial charge in [0.15, 0.2) is 0 Å². The van der Waals surface area contributed by atoms with Gasteiger partial charge in [0.25, 0.3) is 0 Å². The lowest BCUT2D eigenvalue weighted by Gasteiger charge is -2.20. The van der Waals surface area contributed by atoms with E-state index in [4.69, 9.17) is 4.42 Å². The molecule has 0 fully saturated rings. The molecule has 6 nitrogen and oxygen atoms in total. The summed E-state index contributed by atoms with van der Waals surface area (Å²) in [6.07, 6.45) is 1.90. The first kappa shape index (κ1) is 18.0. The highest BCUT2D eigenvalue weighted by molar-refractivity contribution is 5.95. The summed E-state index contributed by atoms with van der Waals surface area (Å²) in [5.41, 5.74) is 2.35. The van der Waals surface area contributed by atoms with Crippen molar-refractivity contribution >= 4 is 16.8 Å². The van der Waals surface area contributed by atoms with Gasteiger partial charge in [0.05, 0.1) is 5.56 Å². The van der Waals surface area contributed by atoms with Crippen LogP contribution >= 0.6 is 0 Å². The number of hydrogen-bond acceptors (Lipinski definition) is 4. The van der Waals surface area contributed by atoms with Crippen LogP contribution in [0.15, 0.2) is 65.2 Å². The van der Waals surface area contributed by atoms with E-state index in [9.17, 15) is 4.79 Å². The van der Waals surface area contributed by atoms with E-state index in [2.05, 4.69) is 15.5 Å². The third-order valence-corrected chi connectivity index (χ3v) is 4.29. The molecule has 0 aliphatic carbocycles. The van der Waals surface area contributed by atoms with Crippen molar-refractivity contribution < 1.29 is 9.21 Å². The number of carbonyl (C=O) groups excluding carboxylic acids is 1. The summed E-state index contributed by atoms with van der Waals surface area (Å²) < 4.78 is 7.84. The second kappa shape index (κ2) is 6.96. The van der Waals surface area contributed by atoms with Gasteiger partial charge in [0.1, 0.15) is 6.54 Å². The van der Waals surface area contributed by atoms with E-state index in [1.165, 1.54) is 0 Å². The average molecular weight is 374 g/mol. The van der Waals surface area contributed by atoms with Crippen molar-refractivity contribution in [1.29, 1.82) is 0 Å². The Morgan fingerprint density at radius 2 is 1.68 bits per heavy atom. The number of amides is 1. The van der Waals surface area contributed by atoms with Gasteiger partial charge in [0.2, 0.25) is 17.7 Å². The molecule has 2 aromatic carbocycles. The van der Waals surface area contributed by atoms with Crippen molar-refractivity contribution in [3.63, 3.8) is 0 Å². The van der Waals surface area contributed by atoms with E-state index < -0.39 is 0 Å². The summed E-state index contributed by atoms with van der Waals surface area (Å²) in [7, 11) is 0. The molecule has 0 unspecified atom stereocenters. The minimum Gasteiger partial charge on any atom is -0.416 e. The first-order valence-electron chi connectivity index (χ1n) is 9.19. The van der Waals surface area contributed by atoms with Crippen molar-refractivity contribution in [1.82, 2.24) is 20.1 Å². The molecule has 1 amide bonds. The summed E-state index contributed by atoms with van der Waals surface area (Å²) in [4.78, 5) is 12.4. The zero-order valence-electron chi connectivity index (χ0n) is 16.1. The molecule has 0 aliphatic heterocycles. The topological polar surface area (TPSA) is 73.0 Å². The van der Waals surface area contributed by atoms with Crippen molar-refractivity contribution in [2.24, 2.45) is 0 Å². The lowest BCUT2D eigenvalue weighted by atomic mass is 10.1. The molecule has 6 heteroatoms. The van der Waals surface area contributed by atoms with Gasteiger partial charge >= 0.3 is 0 Å². The highest BCUT2D eigenvalue weighted by atomic mass is 16.4. The van der Waals surface area contributed by atoms with Crippen molar-refractivity contribution in [2.75, 3.05) is 0 Å². The molecule has 4 rings (SSSR count). The Morgan fingerprint density at radius 3 is 2.43 bits per heavy atom. The van der Waals surface area contributed by atoms with Gasteiger partial charge in [-0.25, -0.2) is 0 Å². The van der Waals surface area contributed by atoms with E-state index in [-0.39, 0.29) is 18.0 Å². The number of fused-ring (bicyclic) bond motifs is 1. The van der Waals surface area contributed by atoms with Crippen LogP contribution in [-0.4, -0.2) is 26.2 Å². The molecular formula is C22H22N4O2. The zero-order chi connectivity index (χ0) is 19.7. The van der Waals surface area contributed by atoms with Gasteiger partial charge in [-0.3, -0.25) is 4.79 Å². The summed E-state index contributed by atoms with van der Waals surface area (Å²) in [5, 5.41) is 12.4. The lowest BCUT2D eigenvalue weighted by Crippen LogP contribution is -2.42. The average Bonchev–Trinajstić information content (AvgIpc) is 3.26. The second-order valence-corrected chi connectivity index (χ2v) is 7.76. The normalized spacial score (nSPS) is 11.7. The Labute approximate surface area is 163 Å². The molecule has 0 radical (unpaired) electrons. The molecular weight excluding hydrogens is 352 g/mol. The minimum absolute atomic E-state index is 0.0460. The van der Waals surface area contributed by atoms with Crippen LogP contribution in [0.5, 0.6) is 0 Å². The van der Waals surface area contributed by atoms with Crippen LogP contribution in [-0.2, 0) is 11.3 Å². The number of benzene rings is 2. The smallest absolute Gasteiger partial charge is 0.250 e. The minimum atomic E-state index is -0.278. The molecule has 0 saturated heterocycles. The number of nitrogens with one attached hydrogen (secondary N) is 1. The molecule has 0 spiro atoms. The number of nitrogens with zero attached hydrogens (tertiary/aromatic N) is 3. The maximum atomic E-state index is 12.4. The van der Waals surface area contributed by atoms with Gasteiger partial charge in [-0.05, 0) is 39.0 Å². The number of rotatable bonds is 4. The zero-order valence-corrected chi connectivity index (χ0v) is 16.1. The van der Waals surface area contributed by atoms with Crippen LogP contribution < -0.4 is 5.32 Å². The van der Waals surface area contributed by atoms with Crippen molar-refractivity contribution in [3.05, 3.63) is 60.8 Å². The predicted octanol–water partition coefficient (Wildman–Crippen LogP) is 4.27. The predicted molar refractivity (Wildman–Crippen MR) is 109 cm³/mol. The van der Waals surface area contributed by atoms with E-state index in [0.29, 0.717) is 11.8 Å². The maximum Gasteiger partial charge on any atom is 0.250 e. The lowest BCUT2D eigenvalue weighted by molar-refractivity contribution is -0.123. The fourth-order valence-electron chi connectivity index (χ4n) is 3.19. The number of para-hydroxylation sites is 1. The van der Waals surface area contributed by atoms with Crippen LogP contribution in [0.4, 0.5) is 0 Å². The Bertz CT molecular complexity index is 1120. The van der Waals surface area contributed by atoms with Crippen LogP contribution in [0.1, 0.15) is 20.8 Å². The van der Waals surface area contributed by atoms with Crippen LogP contribution in [0.3, 0.4) is 0 Å². The maximum absolute atomic E-state index is 12.4. The third kappa shape index (κ3) is 3.67. The monoisotopic (exact) mass is 374 g/mol. The van der Waals surface area contributed by atoms with Crippen LogP contribution in [0.2, 0.25) is 0 Å². The molecule has 4 aromatic rings. The van der Waals surface area contributed by atoms with Gasteiger partial charge in [-0.2, -0.15) is 0 Å². The van der Waals surface area contributed by atoms with E-state index in [0.717, 1.165) is 22.0 Å². The van der Waals surface area contributed by atoms with Gasteiger partial charge < -0.3 is 14.3 Å². The standard InChI is InChI=1S/C22H22N4O2/c1-22(2,3)23-19(27)14-26-13-17(16-11-7-8-12-18(16)26)21-25-24-20(28-21)15-9-5-4-6-10-15/h4-13H,14H2,1-3H3,(H,23,27). The summed E-state index contributed by atoms with van der Waals surface area (Å²) in [6, 6.07) is 17.5. The molecule has 2 aromatic heterocycles. The molecule has 1 N–H and O–H groups in total. The van der Waals surface area contributed by atoms with Crippen LogP contribution in [0.25, 0.3) is 33.8 Å². The quantitative estimate of drug-likeness (QED) is 0.579. The molecule has 0 saturated carbocycles. The molecule has 2 heterocycles. The molecule has 0 atom stereocenters. The summed E-state index contributed by atoms with van der Waals surface area (Å²) in [6.45, 7) is 6.12. The molecule has 0 bridgehead atoms. The molecule has 28 heavy (non-hydrogen) atoms. The van der Waals surface area contributed by atoms with E-state index in [1.54, 1.807) is 0 Å². The fraction of sp³-hybridized carbons (Fsp3) is 0.227. The Kier molecular flexibility index (Phi) is 4.47. The largest absolute Gasteiger partial charge is 0.416 e. The SMILES string of the molecule is CC(C)(C)NC(=O)Cn1cc(-c2nnc(-c3ccccc3)o2)c2ccccc21. The Hall–Kier alpha value is -3.41. The van der Waals surface area contributed by atoms with Crippen molar-refractivity contribution in [2.45, 2.75) is 32.9 Å². The first-order valence-corrected chi connectivity index (χ1v) is 9.19. The second-order valence-electron chi connectivity index (χ2n) is 7.76. The Balaban J connectivity index is 1.71. The van der Waals surface area contributed by atoms with Crippen LogP contribution in [0, 0.1) is 0 Å². The number of aromatic nitrogens is 3. The van der Waals surface area contributed by atoms with E-state index >= 15 is 0 Å². The number of hydrogen-bond donors (Lipinski definition) is 1.